The number of rotatable bonds is 3. The third-order valence-electron chi connectivity index (χ3n) is 10.4. The molecule has 0 N–H and O–H groups in total. The first-order valence-corrected chi connectivity index (χ1v) is 16.9. The molecule has 0 spiro atoms. The quantitative estimate of drug-likeness (QED) is 0.191. The zero-order valence-electron chi connectivity index (χ0n) is 28.1. The van der Waals surface area contributed by atoms with Crippen LogP contribution in [0.2, 0.25) is 0 Å². The van der Waals surface area contributed by atoms with E-state index in [1.54, 1.807) is 0 Å². The van der Waals surface area contributed by atoms with Gasteiger partial charge in [-0.05, 0) is 89.1 Å². The minimum absolute atomic E-state index is 0.0769. The fourth-order valence-corrected chi connectivity index (χ4v) is 7.71. The molecular weight excluding hydrogens is 556 g/mol. The van der Waals surface area contributed by atoms with Gasteiger partial charge in [0.2, 0.25) is 0 Å². The first-order valence-electron chi connectivity index (χ1n) is 16.9. The molecule has 0 saturated carbocycles. The minimum atomic E-state index is 0.0769. The van der Waals surface area contributed by atoms with Crippen LogP contribution in [0.3, 0.4) is 0 Å². The zero-order chi connectivity index (χ0) is 31.8. The Morgan fingerprint density at radius 3 is 1.96 bits per heavy atom. The Balaban J connectivity index is 1.29. The van der Waals surface area contributed by atoms with Crippen molar-refractivity contribution in [2.45, 2.75) is 66.2 Å². The van der Waals surface area contributed by atoms with E-state index >= 15 is 0 Å². The third-order valence-corrected chi connectivity index (χ3v) is 10.4. The molecular formula is C44H44N2. The molecule has 0 fully saturated rings. The van der Waals surface area contributed by atoms with Crippen LogP contribution in [0.1, 0.15) is 76.0 Å². The monoisotopic (exact) mass is 600 g/mol. The predicted molar refractivity (Wildman–Crippen MR) is 197 cm³/mol. The van der Waals surface area contributed by atoms with Crippen LogP contribution in [0.5, 0.6) is 0 Å². The summed E-state index contributed by atoms with van der Waals surface area (Å²) in [6, 6.07) is 34.3. The molecule has 1 unspecified atom stereocenters. The highest BCUT2D eigenvalue weighted by atomic mass is 15.0. The fourth-order valence-electron chi connectivity index (χ4n) is 7.71. The Kier molecular flexibility index (Phi) is 6.59. The Hall–Kier alpha value is -4.56. The van der Waals surface area contributed by atoms with E-state index in [0.29, 0.717) is 5.92 Å². The van der Waals surface area contributed by atoms with Crippen molar-refractivity contribution < 1.29 is 0 Å². The molecule has 46 heavy (non-hydrogen) atoms. The molecule has 2 heteroatoms. The van der Waals surface area contributed by atoms with Crippen molar-refractivity contribution in [3.8, 4) is 22.5 Å². The molecule has 4 aromatic carbocycles. The summed E-state index contributed by atoms with van der Waals surface area (Å²) in [7, 11) is 0. The highest BCUT2D eigenvalue weighted by Gasteiger charge is 2.30. The molecule has 2 nitrogen and oxygen atoms in total. The highest BCUT2D eigenvalue weighted by molar-refractivity contribution is 5.95. The van der Waals surface area contributed by atoms with E-state index in [2.05, 4.69) is 166 Å². The minimum Gasteiger partial charge on any atom is -0.313 e. The Labute approximate surface area is 273 Å². The van der Waals surface area contributed by atoms with Crippen LogP contribution in [-0.2, 0) is 18.3 Å². The van der Waals surface area contributed by atoms with Crippen molar-refractivity contribution in [2.75, 3.05) is 0 Å². The maximum atomic E-state index is 2.57. The van der Waals surface area contributed by atoms with E-state index in [1.165, 1.54) is 72.4 Å². The first-order chi connectivity index (χ1) is 22.1. The van der Waals surface area contributed by atoms with E-state index in [9.17, 15) is 0 Å². The van der Waals surface area contributed by atoms with Crippen LogP contribution in [0.15, 0.2) is 103 Å². The molecule has 2 aliphatic rings. The lowest BCUT2D eigenvalue weighted by molar-refractivity contribution is 0.288. The molecule has 0 amide bonds. The molecule has 6 aromatic rings. The smallest absolute Gasteiger partial charge is 0.0540 e. The molecule has 0 radical (unpaired) electrons. The summed E-state index contributed by atoms with van der Waals surface area (Å²) < 4.78 is 5.06. The average molecular weight is 601 g/mol. The second-order valence-electron chi connectivity index (χ2n) is 15.5. The van der Waals surface area contributed by atoms with Crippen LogP contribution >= 0.6 is 0 Å². The van der Waals surface area contributed by atoms with Crippen LogP contribution in [0, 0.1) is 11.3 Å². The van der Waals surface area contributed by atoms with Gasteiger partial charge in [-0.2, -0.15) is 0 Å². The summed E-state index contributed by atoms with van der Waals surface area (Å²) in [4.78, 5) is 0. The molecule has 230 valence electrons. The van der Waals surface area contributed by atoms with Crippen molar-refractivity contribution in [1.29, 1.82) is 0 Å². The zero-order valence-corrected chi connectivity index (χ0v) is 28.1. The van der Waals surface area contributed by atoms with Gasteiger partial charge in [0.1, 0.15) is 0 Å². The number of para-hydroxylation sites is 1. The van der Waals surface area contributed by atoms with Crippen LogP contribution < -0.4 is 0 Å². The summed E-state index contributed by atoms with van der Waals surface area (Å²) in [5.41, 5.74) is 14.8. The number of fused-ring (bicyclic) bond motifs is 6. The lowest BCUT2D eigenvalue weighted by atomic mass is 9.75. The lowest BCUT2D eigenvalue weighted by Crippen LogP contribution is -2.23. The van der Waals surface area contributed by atoms with E-state index in [4.69, 9.17) is 0 Å². The Bertz CT molecular complexity index is 2200. The normalized spacial score (nSPS) is 16.3. The molecule has 0 aliphatic heterocycles. The van der Waals surface area contributed by atoms with Crippen molar-refractivity contribution in [3.05, 3.63) is 131 Å². The fraction of sp³-hybridized carbons (Fsp3) is 0.273. The second-order valence-corrected chi connectivity index (χ2v) is 15.5. The van der Waals surface area contributed by atoms with Gasteiger partial charge in [-0.15, -0.1) is 0 Å². The Morgan fingerprint density at radius 2 is 1.26 bits per heavy atom. The third kappa shape index (κ3) is 4.69. The Morgan fingerprint density at radius 1 is 0.609 bits per heavy atom. The summed E-state index contributed by atoms with van der Waals surface area (Å²) in [5, 5.41) is 2.68. The van der Waals surface area contributed by atoms with Gasteiger partial charge < -0.3 is 9.13 Å². The first kappa shape index (κ1) is 28.9. The van der Waals surface area contributed by atoms with Gasteiger partial charge in [0.25, 0.3) is 0 Å². The van der Waals surface area contributed by atoms with Crippen molar-refractivity contribution in [1.82, 2.24) is 9.13 Å². The summed E-state index contributed by atoms with van der Waals surface area (Å²) in [6.07, 6.45) is 12.7. The maximum Gasteiger partial charge on any atom is 0.0540 e. The second kappa shape index (κ2) is 10.5. The van der Waals surface area contributed by atoms with E-state index < -0.39 is 0 Å². The number of hydrogen-bond donors (Lipinski definition) is 0. The molecule has 0 saturated heterocycles. The number of benzene rings is 4. The van der Waals surface area contributed by atoms with Gasteiger partial charge in [-0.25, -0.2) is 0 Å². The molecule has 2 aromatic heterocycles. The number of hydrogen-bond acceptors (Lipinski definition) is 0. The number of allylic oxidation sites excluding steroid dienone is 2. The van der Waals surface area contributed by atoms with Gasteiger partial charge in [0, 0.05) is 44.7 Å². The largest absolute Gasteiger partial charge is 0.313 e. The van der Waals surface area contributed by atoms with Gasteiger partial charge in [-0.1, -0.05) is 120 Å². The van der Waals surface area contributed by atoms with Crippen molar-refractivity contribution in [3.63, 3.8) is 0 Å². The molecule has 8 rings (SSSR count). The molecule has 0 bridgehead atoms. The summed E-state index contributed by atoms with van der Waals surface area (Å²) in [6.45, 7) is 14.0. The van der Waals surface area contributed by atoms with E-state index in [1.807, 2.05) is 0 Å². The average Bonchev–Trinajstić information content (AvgIpc) is 3.56. The summed E-state index contributed by atoms with van der Waals surface area (Å²) in [5.74, 6) is 0.488. The van der Waals surface area contributed by atoms with E-state index in [0.717, 1.165) is 19.3 Å². The predicted octanol–water partition coefficient (Wildman–Crippen LogP) is 11.7. The molecule has 1 atom stereocenters. The van der Waals surface area contributed by atoms with Gasteiger partial charge in [-0.3, -0.25) is 0 Å². The SMILES string of the molecule is CC(C)(C)c1ccc2c3c(n(-c4cccc(-c5cccc(-n6c7c(c8ccccc86)C=CCC7)c5)c4)c2c1)CC(C(C)(C)C)C=C3. The maximum absolute atomic E-state index is 2.57. The van der Waals surface area contributed by atoms with Gasteiger partial charge in [0.15, 0.2) is 0 Å². The van der Waals surface area contributed by atoms with Crippen molar-refractivity contribution in [2.24, 2.45) is 11.3 Å². The van der Waals surface area contributed by atoms with Gasteiger partial charge >= 0.3 is 0 Å². The number of aromatic nitrogens is 2. The highest BCUT2D eigenvalue weighted by Crippen LogP contribution is 2.42. The summed E-state index contributed by atoms with van der Waals surface area (Å²) >= 11 is 0. The standard InChI is InChI=1S/C44H44N2/c1-43(2,3)31-21-23-37-38-24-22-32(44(4,5)6)28-42(38)46(41(37)27-31)34-16-12-14-30(26-34)29-13-11-15-33(25-29)45-39-19-9-7-17-35(39)36-18-8-10-20-40(36)45/h7-9,11-19,21-27,32H,10,20,28H2,1-6H3. The van der Waals surface area contributed by atoms with Gasteiger partial charge in [0.05, 0.1) is 11.0 Å². The molecule has 2 aliphatic carbocycles. The lowest BCUT2D eigenvalue weighted by Gasteiger charge is -2.31. The van der Waals surface area contributed by atoms with E-state index in [-0.39, 0.29) is 10.8 Å². The van der Waals surface area contributed by atoms with Crippen molar-refractivity contribution >= 4 is 34.0 Å². The topological polar surface area (TPSA) is 9.86 Å². The molecule has 2 heterocycles. The van der Waals surface area contributed by atoms with Crippen LogP contribution in [0.4, 0.5) is 0 Å². The van der Waals surface area contributed by atoms with Crippen LogP contribution in [-0.4, -0.2) is 9.13 Å². The number of nitrogens with zero attached hydrogens (tertiary/aromatic N) is 2. The van der Waals surface area contributed by atoms with Crippen LogP contribution in [0.25, 0.3) is 56.5 Å².